The van der Waals surface area contributed by atoms with Crippen LogP contribution in [-0.4, -0.2) is 31.5 Å². The number of sulfone groups is 1. The van der Waals surface area contributed by atoms with Crippen molar-refractivity contribution in [2.45, 2.75) is 41.4 Å². The Kier molecular flexibility index (Phi) is 3.38. The van der Waals surface area contributed by atoms with Crippen LogP contribution in [0, 0.1) is 5.92 Å². The zero-order chi connectivity index (χ0) is 14.5. The molecule has 0 aromatic heterocycles. The molecule has 0 atom stereocenters. The molecule has 20 heavy (non-hydrogen) atoms. The van der Waals surface area contributed by atoms with Crippen LogP contribution >= 0.6 is 15.9 Å². The first-order valence-corrected chi connectivity index (χ1v) is 8.94. The fraction of sp³-hybridized carbons (Fsp3) is 0.571. The maximum atomic E-state index is 13.1. The predicted octanol–water partition coefficient (Wildman–Crippen LogP) is 2.53. The number of aliphatic hydroxyl groups excluding tert-OH is 1. The molecule has 0 unspecified atom stereocenters. The van der Waals surface area contributed by atoms with Gasteiger partial charge in [-0.05, 0) is 49.8 Å². The van der Waals surface area contributed by atoms with E-state index in [-0.39, 0.29) is 10.8 Å². The van der Waals surface area contributed by atoms with Crippen LogP contribution in [0.4, 0.5) is 0 Å². The Bertz CT molecular complexity index is 631. The number of methoxy groups -OCH3 is 1. The smallest absolute Gasteiger partial charge is 0.188 e. The highest BCUT2D eigenvalue weighted by atomic mass is 79.9. The maximum Gasteiger partial charge on any atom is 0.188 e. The highest BCUT2D eigenvalue weighted by Crippen LogP contribution is 2.57. The van der Waals surface area contributed by atoms with Crippen molar-refractivity contribution in [1.82, 2.24) is 0 Å². The number of ether oxygens (including phenoxy) is 1. The SMILES string of the molecule is COc1ccc(Br)cc1S(=O)(=O)C1(C2CC2)CC(O)C1. The molecule has 0 bridgehead atoms. The Morgan fingerprint density at radius 1 is 1.35 bits per heavy atom. The van der Waals surface area contributed by atoms with E-state index < -0.39 is 20.7 Å². The lowest BCUT2D eigenvalue weighted by Gasteiger charge is -2.45. The van der Waals surface area contributed by atoms with E-state index in [0.717, 1.165) is 12.8 Å². The Balaban J connectivity index is 2.10. The highest BCUT2D eigenvalue weighted by molar-refractivity contribution is 9.10. The molecular formula is C14H17BrO4S. The minimum absolute atomic E-state index is 0.180. The fourth-order valence-electron chi connectivity index (χ4n) is 3.20. The van der Waals surface area contributed by atoms with E-state index in [1.165, 1.54) is 7.11 Å². The van der Waals surface area contributed by atoms with Crippen LogP contribution in [0.3, 0.4) is 0 Å². The second-order valence-corrected chi connectivity index (χ2v) is 8.88. The Morgan fingerprint density at radius 3 is 2.50 bits per heavy atom. The van der Waals surface area contributed by atoms with E-state index in [0.29, 0.717) is 23.1 Å². The molecule has 1 N–H and O–H groups in total. The molecule has 0 amide bonds. The van der Waals surface area contributed by atoms with Crippen LogP contribution in [0.1, 0.15) is 25.7 Å². The van der Waals surface area contributed by atoms with Gasteiger partial charge >= 0.3 is 0 Å². The summed E-state index contributed by atoms with van der Waals surface area (Å²) in [5.74, 6) is 0.550. The van der Waals surface area contributed by atoms with Gasteiger partial charge in [0.2, 0.25) is 0 Å². The predicted molar refractivity (Wildman–Crippen MR) is 78.6 cm³/mol. The van der Waals surface area contributed by atoms with Gasteiger partial charge < -0.3 is 9.84 Å². The highest BCUT2D eigenvalue weighted by Gasteiger charge is 2.62. The van der Waals surface area contributed by atoms with Crippen molar-refractivity contribution in [3.05, 3.63) is 22.7 Å². The number of halogens is 1. The lowest BCUT2D eigenvalue weighted by molar-refractivity contribution is 0.0475. The molecule has 0 spiro atoms. The minimum Gasteiger partial charge on any atom is -0.495 e. The summed E-state index contributed by atoms with van der Waals surface area (Å²) in [4.78, 5) is 0.230. The molecule has 2 fully saturated rings. The van der Waals surface area contributed by atoms with Crippen molar-refractivity contribution in [1.29, 1.82) is 0 Å². The molecule has 0 saturated heterocycles. The van der Waals surface area contributed by atoms with Crippen molar-refractivity contribution < 1.29 is 18.3 Å². The number of hydrogen-bond donors (Lipinski definition) is 1. The first-order chi connectivity index (χ1) is 9.40. The zero-order valence-electron chi connectivity index (χ0n) is 11.2. The maximum absolute atomic E-state index is 13.1. The van der Waals surface area contributed by atoms with Gasteiger partial charge in [0.1, 0.15) is 10.6 Å². The molecule has 0 aliphatic heterocycles. The van der Waals surface area contributed by atoms with Crippen molar-refractivity contribution >= 4 is 25.8 Å². The van der Waals surface area contributed by atoms with Crippen molar-refractivity contribution in [3.8, 4) is 5.75 Å². The summed E-state index contributed by atoms with van der Waals surface area (Å²) in [7, 11) is -2.04. The van der Waals surface area contributed by atoms with Crippen molar-refractivity contribution in [3.63, 3.8) is 0 Å². The molecular weight excluding hydrogens is 344 g/mol. The summed E-state index contributed by atoms with van der Waals surface area (Å²) >= 11 is 3.32. The van der Waals surface area contributed by atoms with Gasteiger partial charge in [0, 0.05) is 4.47 Å². The van der Waals surface area contributed by atoms with Gasteiger partial charge in [-0.15, -0.1) is 0 Å². The molecule has 2 aliphatic carbocycles. The van der Waals surface area contributed by atoms with E-state index in [2.05, 4.69) is 15.9 Å². The van der Waals surface area contributed by atoms with Crippen LogP contribution in [0.15, 0.2) is 27.6 Å². The second-order valence-electron chi connectivity index (χ2n) is 5.70. The Hall–Kier alpha value is -0.590. The molecule has 2 aliphatic rings. The number of rotatable bonds is 4. The number of hydrogen-bond acceptors (Lipinski definition) is 4. The zero-order valence-corrected chi connectivity index (χ0v) is 13.6. The lowest BCUT2D eigenvalue weighted by Crippen LogP contribution is -2.54. The minimum atomic E-state index is -3.51. The first kappa shape index (κ1) is 14.4. The summed E-state index contributed by atoms with van der Waals surface area (Å²) in [6, 6.07) is 5.02. The quantitative estimate of drug-likeness (QED) is 0.895. The van der Waals surface area contributed by atoms with E-state index in [4.69, 9.17) is 4.74 Å². The fourth-order valence-corrected chi connectivity index (χ4v) is 6.35. The van der Waals surface area contributed by atoms with Gasteiger partial charge in [-0.2, -0.15) is 0 Å². The van der Waals surface area contributed by atoms with Crippen LogP contribution in [0.25, 0.3) is 0 Å². The normalized spacial score (nSPS) is 29.9. The molecule has 0 radical (unpaired) electrons. The van der Waals surface area contributed by atoms with Gasteiger partial charge in [-0.25, -0.2) is 8.42 Å². The van der Waals surface area contributed by atoms with Gasteiger partial charge in [-0.1, -0.05) is 15.9 Å². The molecule has 1 aromatic carbocycles. The first-order valence-electron chi connectivity index (χ1n) is 6.67. The van der Waals surface area contributed by atoms with Crippen molar-refractivity contribution in [2.75, 3.05) is 7.11 Å². The van der Waals surface area contributed by atoms with Gasteiger partial charge in [0.25, 0.3) is 0 Å². The summed E-state index contributed by atoms with van der Waals surface area (Å²) in [6.07, 6.45) is 2.05. The van der Waals surface area contributed by atoms with Crippen LogP contribution in [-0.2, 0) is 9.84 Å². The Labute approximate surface area is 127 Å². The molecule has 0 heterocycles. The largest absolute Gasteiger partial charge is 0.495 e. The number of benzene rings is 1. The number of aliphatic hydroxyl groups is 1. The van der Waals surface area contributed by atoms with Crippen LogP contribution < -0.4 is 4.74 Å². The third kappa shape index (κ3) is 2.00. The molecule has 2 saturated carbocycles. The summed E-state index contributed by atoms with van der Waals surface area (Å²) in [5, 5.41) is 9.65. The van der Waals surface area contributed by atoms with Crippen LogP contribution in [0.5, 0.6) is 5.75 Å². The topological polar surface area (TPSA) is 63.6 Å². The summed E-state index contributed by atoms with van der Waals surface area (Å²) < 4.78 is 31.3. The molecule has 1 aromatic rings. The standard InChI is InChI=1S/C14H17BrO4S/c1-19-12-5-4-10(15)6-13(12)20(17,18)14(9-2-3-9)7-11(16)8-14/h4-6,9,11,16H,2-3,7-8H2,1H3. The third-order valence-electron chi connectivity index (χ3n) is 4.43. The van der Waals surface area contributed by atoms with E-state index in [9.17, 15) is 13.5 Å². The van der Waals surface area contributed by atoms with Crippen LogP contribution in [0.2, 0.25) is 0 Å². The second kappa shape index (κ2) is 4.71. The summed E-state index contributed by atoms with van der Waals surface area (Å²) in [6.45, 7) is 0. The molecule has 110 valence electrons. The average molecular weight is 361 g/mol. The van der Waals surface area contributed by atoms with E-state index in [1.807, 2.05) is 0 Å². The van der Waals surface area contributed by atoms with Gasteiger partial charge in [0.15, 0.2) is 9.84 Å². The van der Waals surface area contributed by atoms with Gasteiger partial charge in [0.05, 0.1) is 18.0 Å². The Morgan fingerprint density at radius 2 is 2.00 bits per heavy atom. The van der Waals surface area contributed by atoms with E-state index >= 15 is 0 Å². The summed E-state index contributed by atoms with van der Waals surface area (Å²) in [5.41, 5.74) is 0. The monoisotopic (exact) mass is 360 g/mol. The third-order valence-corrected chi connectivity index (χ3v) is 7.56. The van der Waals surface area contributed by atoms with Crippen molar-refractivity contribution in [2.24, 2.45) is 5.92 Å². The molecule has 6 heteroatoms. The molecule has 3 rings (SSSR count). The van der Waals surface area contributed by atoms with Gasteiger partial charge in [-0.3, -0.25) is 0 Å². The molecule has 4 nitrogen and oxygen atoms in total. The van der Waals surface area contributed by atoms with E-state index in [1.54, 1.807) is 18.2 Å². The average Bonchev–Trinajstić information content (AvgIpc) is 3.18. The lowest BCUT2D eigenvalue weighted by atomic mass is 9.78.